The molecule has 1 aliphatic heterocycles. The first-order valence-electron chi connectivity index (χ1n) is 16.0. The van der Waals surface area contributed by atoms with E-state index in [4.69, 9.17) is 29.2 Å². The van der Waals surface area contributed by atoms with Crippen molar-refractivity contribution in [1.29, 1.82) is 0 Å². The number of hydrogen-bond donors (Lipinski definition) is 1. The largest absolute Gasteiger partial charge is 0.494 e. The van der Waals surface area contributed by atoms with Gasteiger partial charge in [0, 0.05) is 49.4 Å². The van der Waals surface area contributed by atoms with Crippen molar-refractivity contribution in [3.05, 3.63) is 76.4 Å². The van der Waals surface area contributed by atoms with Gasteiger partial charge in [0.15, 0.2) is 11.6 Å². The van der Waals surface area contributed by atoms with Gasteiger partial charge < -0.3 is 38.5 Å². The van der Waals surface area contributed by atoms with Crippen LogP contribution in [0, 0.1) is 0 Å². The number of rotatable bonds is 19. The summed E-state index contributed by atoms with van der Waals surface area (Å²) in [5, 5.41) is 8.23. The third-order valence-corrected chi connectivity index (χ3v) is 7.69. The lowest BCUT2D eigenvalue weighted by molar-refractivity contribution is -0.127. The summed E-state index contributed by atoms with van der Waals surface area (Å²) in [6.07, 6.45) is 4.39. The second-order valence-corrected chi connectivity index (χ2v) is 10.8. The average Bonchev–Trinajstić information content (AvgIpc) is 3.82. The van der Waals surface area contributed by atoms with Crippen LogP contribution in [0.5, 0.6) is 5.75 Å². The molecule has 4 aromatic rings. The molecule has 3 aromatic heterocycles. The van der Waals surface area contributed by atoms with E-state index in [-0.39, 0.29) is 31.2 Å². The van der Waals surface area contributed by atoms with E-state index in [0.29, 0.717) is 99.7 Å². The van der Waals surface area contributed by atoms with E-state index in [1.54, 1.807) is 29.2 Å². The summed E-state index contributed by atoms with van der Waals surface area (Å²) in [5.41, 5.74) is 9.35. The lowest BCUT2D eigenvalue weighted by Crippen LogP contribution is -2.52. The van der Waals surface area contributed by atoms with Crippen molar-refractivity contribution in [2.45, 2.75) is 6.61 Å². The standard InChI is InChI=1S/C32H38N10O8/c1-46-25-20-35-30(42-22-36-26(38-42)21-50-18-17-49-16-15-48-14-13-47-12-7-37-39-33)28-27(25)24(19-34-28)29(43)32(45)41-10-8-40(9-11-41)31(44)23-5-3-2-4-6-23/h2-6,19-20,22,34H,7-18,21H2,1H3. The van der Waals surface area contributed by atoms with Gasteiger partial charge in [0.25, 0.3) is 17.6 Å². The molecule has 0 spiro atoms. The van der Waals surface area contributed by atoms with Crippen LogP contribution in [0.25, 0.3) is 27.2 Å². The van der Waals surface area contributed by atoms with Crippen molar-refractivity contribution < 1.29 is 38.1 Å². The van der Waals surface area contributed by atoms with Crippen LogP contribution in [-0.2, 0) is 30.3 Å². The van der Waals surface area contributed by atoms with Gasteiger partial charge >= 0.3 is 0 Å². The summed E-state index contributed by atoms with van der Waals surface area (Å²) in [4.78, 5) is 57.3. The highest BCUT2D eigenvalue weighted by Gasteiger charge is 2.31. The molecular weight excluding hydrogens is 652 g/mol. The molecule has 1 aromatic carbocycles. The third kappa shape index (κ3) is 9.19. The van der Waals surface area contributed by atoms with Gasteiger partial charge in [-0.2, -0.15) is 0 Å². The van der Waals surface area contributed by atoms with E-state index >= 15 is 0 Å². The predicted octanol–water partition coefficient (Wildman–Crippen LogP) is 2.20. The van der Waals surface area contributed by atoms with E-state index in [1.165, 1.54) is 35.4 Å². The molecule has 0 saturated carbocycles. The van der Waals surface area contributed by atoms with Gasteiger partial charge in [-0.1, -0.05) is 23.3 Å². The number of methoxy groups -OCH3 is 1. The molecule has 264 valence electrons. The first-order valence-corrected chi connectivity index (χ1v) is 16.0. The number of pyridine rings is 1. The Labute approximate surface area is 286 Å². The molecule has 5 rings (SSSR count). The number of piperazine rings is 1. The number of amides is 2. The number of Topliss-reactive ketones (excluding diaryl/α,β-unsaturated/α-hetero) is 1. The minimum atomic E-state index is -0.705. The second kappa shape index (κ2) is 18.4. The minimum Gasteiger partial charge on any atom is -0.494 e. The van der Waals surface area contributed by atoms with Crippen LogP contribution in [0.1, 0.15) is 26.5 Å². The van der Waals surface area contributed by atoms with Gasteiger partial charge in [0.1, 0.15) is 18.7 Å². The highest BCUT2D eigenvalue weighted by Crippen LogP contribution is 2.32. The van der Waals surface area contributed by atoms with E-state index < -0.39 is 11.7 Å². The molecule has 0 unspecified atom stereocenters. The fourth-order valence-corrected chi connectivity index (χ4v) is 5.19. The maximum atomic E-state index is 13.5. The zero-order chi connectivity index (χ0) is 35.1. The lowest BCUT2D eigenvalue weighted by Gasteiger charge is -2.34. The number of aromatic amines is 1. The molecule has 1 aliphatic rings. The molecule has 18 nitrogen and oxygen atoms in total. The Hall–Kier alpha value is -5.39. The Balaban J connectivity index is 1.11. The molecule has 50 heavy (non-hydrogen) atoms. The number of nitrogens with one attached hydrogen (secondary N) is 1. The summed E-state index contributed by atoms with van der Waals surface area (Å²) in [7, 11) is 1.46. The van der Waals surface area contributed by atoms with Gasteiger partial charge in [-0.15, -0.1) is 5.10 Å². The molecule has 1 saturated heterocycles. The summed E-state index contributed by atoms with van der Waals surface area (Å²) in [5.74, 6) is -0.418. The highest BCUT2D eigenvalue weighted by molar-refractivity contribution is 6.45. The van der Waals surface area contributed by atoms with Crippen LogP contribution in [-0.4, -0.2) is 138 Å². The number of benzene rings is 1. The molecule has 4 heterocycles. The Morgan fingerprint density at radius 3 is 2.24 bits per heavy atom. The Kier molecular flexibility index (Phi) is 13.2. The quantitative estimate of drug-likeness (QED) is 0.0376. The Morgan fingerprint density at radius 1 is 0.900 bits per heavy atom. The topological polar surface area (TPSA) is 212 Å². The molecule has 1 N–H and O–H groups in total. The summed E-state index contributed by atoms with van der Waals surface area (Å²) in [6, 6.07) is 8.95. The van der Waals surface area contributed by atoms with Crippen molar-refractivity contribution in [1.82, 2.24) is 34.5 Å². The monoisotopic (exact) mass is 690 g/mol. The zero-order valence-electron chi connectivity index (χ0n) is 27.6. The number of azide groups is 1. The number of fused-ring (bicyclic) bond motifs is 1. The number of ketones is 1. The molecule has 0 radical (unpaired) electrons. The minimum absolute atomic E-state index is 0.111. The van der Waals surface area contributed by atoms with Crippen molar-refractivity contribution >= 4 is 28.5 Å². The summed E-state index contributed by atoms with van der Waals surface area (Å²) >= 11 is 0. The van der Waals surface area contributed by atoms with Crippen molar-refractivity contribution in [3.63, 3.8) is 0 Å². The molecule has 0 aliphatic carbocycles. The van der Waals surface area contributed by atoms with Crippen molar-refractivity contribution in [2.75, 3.05) is 86.1 Å². The zero-order valence-corrected chi connectivity index (χ0v) is 27.6. The van der Waals surface area contributed by atoms with Gasteiger partial charge in [-0.25, -0.2) is 14.6 Å². The predicted molar refractivity (Wildman–Crippen MR) is 177 cm³/mol. The van der Waals surface area contributed by atoms with E-state index in [9.17, 15) is 14.4 Å². The van der Waals surface area contributed by atoms with Crippen LogP contribution in [0.15, 0.2) is 54.2 Å². The average molecular weight is 691 g/mol. The normalized spacial score (nSPS) is 13.0. The van der Waals surface area contributed by atoms with Crippen LogP contribution < -0.4 is 4.74 Å². The smallest absolute Gasteiger partial charge is 0.295 e. The summed E-state index contributed by atoms with van der Waals surface area (Å²) in [6.45, 7) is 4.17. The van der Waals surface area contributed by atoms with Crippen molar-refractivity contribution in [2.24, 2.45) is 5.11 Å². The number of carbonyl (C=O) groups is 3. The van der Waals surface area contributed by atoms with Gasteiger partial charge in [-0.3, -0.25) is 14.4 Å². The van der Waals surface area contributed by atoms with E-state index in [2.05, 4.69) is 30.1 Å². The first kappa shape index (κ1) is 35.9. The number of nitrogens with zero attached hydrogens (tertiary/aromatic N) is 9. The first-order chi connectivity index (χ1) is 24.5. The molecule has 0 bridgehead atoms. The number of ether oxygens (including phenoxy) is 5. The number of aromatic nitrogens is 5. The highest BCUT2D eigenvalue weighted by atomic mass is 16.6. The SMILES string of the molecule is COc1cnc(-n2cnc(COCCOCCOCCOCCN=[N+]=[N-])n2)c2[nH]cc(C(=O)C(=O)N3CCN(C(=O)c4ccccc4)CC3)c12. The van der Waals surface area contributed by atoms with Gasteiger partial charge in [-0.05, 0) is 17.7 Å². The van der Waals surface area contributed by atoms with Crippen LogP contribution >= 0.6 is 0 Å². The summed E-state index contributed by atoms with van der Waals surface area (Å²) < 4.78 is 28.7. The van der Waals surface area contributed by atoms with Crippen LogP contribution in [0.3, 0.4) is 0 Å². The molecular formula is C32H38N10O8. The molecule has 1 fully saturated rings. The van der Waals surface area contributed by atoms with E-state index in [0.717, 1.165) is 0 Å². The van der Waals surface area contributed by atoms with Crippen molar-refractivity contribution in [3.8, 4) is 11.6 Å². The molecule has 2 amide bonds. The maximum absolute atomic E-state index is 13.5. The maximum Gasteiger partial charge on any atom is 0.295 e. The fourth-order valence-electron chi connectivity index (χ4n) is 5.19. The number of H-pyrrole nitrogens is 1. The Bertz CT molecular complexity index is 1780. The lowest BCUT2D eigenvalue weighted by atomic mass is 10.1. The number of carbonyl (C=O) groups excluding carboxylic acids is 3. The van der Waals surface area contributed by atoms with Gasteiger partial charge in [0.2, 0.25) is 0 Å². The second-order valence-electron chi connectivity index (χ2n) is 10.8. The van der Waals surface area contributed by atoms with Crippen LogP contribution in [0.2, 0.25) is 0 Å². The molecule has 0 atom stereocenters. The number of hydrogen-bond acceptors (Lipinski definition) is 12. The van der Waals surface area contributed by atoms with Gasteiger partial charge in [0.05, 0.1) is 76.0 Å². The molecule has 18 heteroatoms. The fraction of sp³-hybridized carbons (Fsp3) is 0.438. The Morgan fingerprint density at radius 2 is 1.56 bits per heavy atom. The van der Waals surface area contributed by atoms with E-state index in [1.807, 2.05) is 6.07 Å². The third-order valence-electron chi connectivity index (χ3n) is 7.69. The van der Waals surface area contributed by atoms with Crippen LogP contribution in [0.4, 0.5) is 0 Å².